The molecule has 0 amide bonds. The van der Waals surface area contributed by atoms with Crippen LogP contribution in [0.2, 0.25) is 0 Å². The SMILES string of the molecule is CC1CC2(C)CC(C(C)C)CC(C)(C1)C2. The van der Waals surface area contributed by atoms with Gasteiger partial charge >= 0.3 is 0 Å². The second-order valence-electron chi connectivity index (χ2n) is 7.72. The lowest BCUT2D eigenvalue weighted by molar-refractivity contribution is -0.0435. The molecule has 0 heterocycles. The third-order valence-corrected chi connectivity index (χ3v) is 4.99. The van der Waals surface area contributed by atoms with E-state index in [2.05, 4.69) is 34.6 Å². The first-order chi connectivity index (χ1) is 6.82. The van der Waals surface area contributed by atoms with Crippen molar-refractivity contribution in [3.63, 3.8) is 0 Å². The molecular weight excluding hydrogens is 180 g/mol. The zero-order chi connectivity index (χ0) is 11.3. The Labute approximate surface area is 95.8 Å². The third kappa shape index (κ3) is 2.24. The van der Waals surface area contributed by atoms with Crippen molar-refractivity contribution in [3.05, 3.63) is 0 Å². The maximum atomic E-state index is 2.55. The van der Waals surface area contributed by atoms with E-state index in [0.717, 1.165) is 17.8 Å². The molecule has 0 aliphatic heterocycles. The predicted octanol–water partition coefficient (Wildman–Crippen LogP) is 4.89. The van der Waals surface area contributed by atoms with Crippen LogP contribution in [-0.4, -0.2) is 0 Å². The molecule has 2 aliphatic rings. The second-order valence-corrected chi connectivity index (χ2v) is 7.72. The van der Waals surface area contributed by atoms with Gasteiger partial charge < -0.3 is 0 Å². The predicted molar refractivity (Wildman–Crippen MR) is 66.8 cm³/mol. The average molecular weight is 208 g/mol. The van der Waals surface area contributed by atoms with E-state index in [4.69, 9.17) is 0 Å². The Hall–Kier alpha value is 0. The molecule has 0 saturated heterocycles. The van der Waals surface area contributed by atoms with Crippen molar-refractivity contribution in [3.8, 4) is 0 Å². The van der Waals surface area contributed by atoms with Gasteiger partial charge in [-0.1, -0.05) is 34.6 Å². The molecule has 0 radical (unpaired) electrons. The lowest BCUT2D eigenvalue weighted by Gasteiger charge is -2.55. The molecule has 2 rings (SSSR count). The van der Waals surface area contributed by atoms with Crippen LogP contribution < -0.4 is 0 Å². The molecule has 2 saturated carbocycles. The van der Waals surface area contributed by atoms with Gasteiger partial charge in [0, 0.05) is 0 Å². The van der Waals surface area contributed by atoms with Crippen LogP contribution in [0.15, 0.2) is 0 Å². The standard InChI is InChI=1S/C15H28/c1-11(2)13-8-14(4)6-12(3)7-15(5,9-13)10-14/h11-13H,6-10H2,1-5H3. The van der Waals surface area contributed by atoms with Crippen molar-refractivity contribution in [2.75, 3.05) is 0 Å². The molecule has 0 N–H and O–H groups in total. The zero-order valence-corrected chi connectivity index (χ0v) is 11.3. The van der Waals surface area contributed by atoms with E-state index in [1.54, 1.807) is 0 Å². The largest absolute Gasteiger partial charge is 0.0625 e. The van der Waals surface area contributed by atoms with Gasteiger partial charge in [-0.3, -0.25) is 0 Å². The molecule has 2 fully saturated rings. The first-order valence-electron chi connectivity index (χ1n) is 6.82. The minimum Gasteiger partial charge on any atom is -0.0625 e. The molecule has 0 aromatic carbocycles. The van der Waals surface area contributed by atoms with Crippen molar-refractivity contribution >= 4 is 0 Å². The third-order valence-electron chi connectivity index (χ3n) is 4.99. The van der Waals surface area contributed by atoms with E-state index < -0.39 is 0 Å². The van der Waals surface area contributed by atoms with Crippen molar-refractivity contribution < 1.29 is 0 Å². The molecule has 0 aromatic heterocycles. The van der Waals surface area contributed by atoms with Gasteiger partial charge in [-0.25, -0.2) is 0 Å². The van der Waals surface area contributed by atoms with Crippen LogP contribution in [0.5, 0.6) is 0 Å². The maximum Gasteiger partial charge on any atom is -0.0315 e. The fourth-order valence-corrected chi connectivity index (χ4v) is 5.05. The summed E-state index contributed by atoms with van der Waals surface area (Å²) in [7, 11) is 0. The van der Waals surface area contributed by atoms with Crippen LogP contribution in [0.4, 0.5) is 0 Å². The summed E-state index contributed by atoms with van der Waals surface area (Å²) in [5.74, 6) is 2.83. The van der Waals surface area contributed by atoms with E-state index in [0.29, 0.717) is 10.8 Å². The highest BCUT2D eigenvalue weighted by molar-refractivity contribution is 4.99. The Kier molecular flexibility index (Phi) is 2.68. The maximum absolute atomic E-state index is 2.55. The molecule has 2 bridgehead atoms. The fraction of sp³-hybridized carbons (Fsp3) is 1.00. The number of hydrogen-bond donors (Lipinski definition) is 0. The molecule has 0 aromatic rings. The van der Waals surface area contributed by atoms with Gasteiger partial charge in [0.15, 0.2) is 0 Å². The Balaban J connectivity index is 2.19. The lowest BCUT2D eigenvalue weighted by Crippen LogP contribution is -2.44. The van der Waals surface area contributed by atoms with E-state index in [-0.39, 0.29) is 0 Å². The Bertz CT molecular complexity index is 222. The summed E-state index contributed by atoms with van der Waals surface area (Å²) in [6.07, 6.45) is 7.43. The van der Waals surface area contributed by atoms with Gasteiger partial charge in [0.25, 0.3) is 0 Å². The monoisotopic (exact) mass is 208 g/mol. The van der Waals surface area contributed by atoms with Gasteiger partial charge in [-0.2, -0.15) is 0 Å². The van der Waals surface area contributed by atoms with E-state index in [1.807, 2.05) is 0 Å². The van der Waals surface area contributed by atoms with Gasteiger partial charge in [0.05, 0.1) is 0 Å². The van der Waals surface area contributed by atoms with Crippen molar-refractivity contribution in [1.29, 1.82) is 0 Å². The van der Waals surface area contributed by atoms with Gasteiger partial charge in [0.2, 0.25) is 0 Å². The van der Waals surface area contributed by atoms with Crippen molar-refractivity contribution in [2.24, 2.45) is 28.6 Å². The number of rotatable bonds is 1. The van der Waals surface area contributed by atoms with E-state index >= 15 is 0 Å². The Morgan fingerprint density at radius 3 is 1.80 bits per heavy atom. The van der Waals surface area contributed by atoms with Crippen LogP contribution in [0.3, 0.4) is 0 Å². The molecule has 88 valence electrons. The second kappa shape index (κ2) is 3.50. The quantitative estimate of drug-likeness (QED) is 0.576. The minimum atomic E-state index is 0.666. The number of hydrogen-bond acceptors (Lipinski definition) is 0. The zero-order valence-electron chi connectivity index (χ0n) is 11.3. The fourth-order valence-electron chi connectivity index (χ4n) is 5.05. The summed E-state index contributed by atoms with van der Waals surface area (Å²) in [4.78, 5) is 0. The normalized spacial score (nSPS) is 50.8. The topological polar surface area (TPSA) is 0 Å². The van der Waals surface area contributed by atoms with Crippen LogP contribution >= 0.6 is 0 Å². The molecule has 15 heavy (non-hydrogen) atoms. The smallest absolute Gasteiger partial charge is 0.0315 e. The van der Waals surface area contributed by atoms with Crippen molar-refractivity contribution in [2.45, 2.75) is 66.7 Å². The summed E-state index contributed by atoms with van der Waals surface area (Å²) in [6, 6.07) is 0. The molecule has 2 unspecified atom stereocenters. The minimum absolute atomic E-state index is 0.666. The summed E-state index contributed by atoms with van der Waals surface area (Å²) in [5.41, 5.74) is 1.33. The van der Waals surface area contributed by atoms with Crippen molar-refractivity contribution in [1.82, 2.24) is 0 Å². The molecule has 0 heteroatoms. The molecule has 2 aliphatic carbocycles. The molecule has 0 spiro atoms. The van der Waals surface area contributed by atoms with Crippen LogP contribution in [0, 0.1) is 28.6 Å². The van der Waals surface area contributed by atoms with Crippen LogP contribution in [0.1, 0.15) is 66.7 Å². The number of fused-ring (bicyclic) bond motifs is 2. The first kappa shape index (κ1) is 11.5. The summed E-state index contributed by atoms with van der Waals surface area (Å²) >= 11 is 0. The summed E-state index contributed by atoms with van der Waals surface area (Å²) in [5, 5.41) is 0. The van der Waals surface area contributed by atoms with Gasteiger partial charge in [-0.15, -0.1) is 0 Å². The summed E-state index contributed by atoms with van der Waals surface area (Å²) in [6.45, 7) is 12.4. The highest BCUT2D eigenvalue weighted by atomic mass is 14.5. The Morgan fingerprint density at radius 1 is 0.933 bits per heavy atom. The van der Waals surface area contributed by atoms with Crippen LogP contribution in [-0.2, 0) is 0 Å². The molecular formula is C15H28. The molecule has 2 atom stereocenters. The molecule has 0 nitrogen and oxygen atoms in total. The van der Waals surface area contributed by atoms with Gasteiger partial charge in [0.1, 0.15) is 0 Å². The highest BCUT2D eigenvalue weighted by Gasteiger charge is 2.48. The average Bonchev–Trinajstić information content (AvgIpc) is 1.96. The van der Waals surface area contributed by atoms with Crippen LogP contribution in [0.25, 0.3) is 0 Å². The van der Waals surface area contributed by atoms with E-state index in [1.165, 1.54) is 32.1 Å². The first-order valence-corrected chi connectivity index (χ1v) is 6.82. The Morgan fingerprint density at radius 2 is 1.40 bits per heavy atom. The summed E-state index contributed by atoms with van der Waals surface area (Å²) < 4.78 is 0. The highest BCUT2D eigenvalue weighted by Crippen LogP contribution is 2.59. The lowest BCUT2D eigenvalue weighted by atomic mass is 9.50. The van der Waals surface area contributed by atoms with Gasteiger partial charge in [-0.05, 0) is 60.7 Å². The van der Waals surface area contributed by atoms with E-state index in [9.17, 15) is 0 Å².